The lowest BCUT2D eigenvalue weighted by atomic mass is 9.82. The Kier molecular flexibility index (Phi) is 3.13. The summed E-state index contributed by atoms with van der Waals surface area (Å²) in [4.78, 5) is 0. The van der Waals surface area contributed by atoms with E-state index >= 15 is 0 Å². The highest BCUT2D eigenvalue weighted by molar-refractivity contribution is 4.86. The molecule has 1 aliphatic rings. The molecule has 2 heteroatoms. The first kappa shape index (κ1) is 10.0. The number of piperidine rings is 1. The van der Waals surface area contributed by atoms with E-state index in [9.17, 15) is 5.11 Å². The van der Waals surface area contributed by atoms with E-state index in [2.05, 4.69) is 26.1 Å². The fraction of sp³-hybridized carbons (Fsp3) is 1.00. The zero-order chi connectivity index (χ0) is 9.19. The Hall–Kier alpha value is -0.0800. The molecule has 72 valence electrons. The first-order valence-corrected chi connectivity index (χ1v) is 4.93. The van der Waals surface area contributed by atoms with Crippen molar-refractivity contribution >= 4 is 0 Å². The zero-order valence-corrected chi connectivity index (χ0v) is 8.43. The van der Waals surface area contributed by atoms with E-state index in [0.717, 1.165) is 13.0 Å². The van der Waals surface area contributed by atoms with Gasteiger partial charge in [0.2, 0.25) is 0 Å². The third kappa shape index (κ3) is 2.46. The molecule has 0 unspecified atom stereocenters. The molecule has 0 bridgehead atoms. The standard InChI is InChI=1S/C10H21NO/c1-10(2,3)9(12)8-6-4-5-7-11-8/h8-9,11-12H,4-7H2,1-3H3/t8-,9-/m0/s1. The lowest BCUT2D eigenvalue weighted by Gasteiger charge is -2.35. The molecule has 0 aromatic carbocycles. The van der Waals surface area contributed by atoms with Crippen LogP contribution >= 0.6 is 0 Å². The van der Waals surface area contributed by atoms with Crippen LogP contribution in [-0.2, 0) is 0 Å². The highest BCUT2D eigenvalue weighted by Gasteiger charge is 2.30. The van der Waals surface area contributed by atoms with Crippen LogP contribution in [-0.4, -0.2) is 23.8 Å². The van der Waals surface area contributed by atoms with Gasteiger partial charge in [-0.05, 0) is 24.8 Å². The van der Waals surface area contributed by atoms with Crippen molar-refractivity contribution in [1.29, 1.82) is 0 Å². The Morgan fingerprint density at radius 1 is 1.33 bits per heavy atom. The molecule has 0 radical (unpaired) electrons. The quantitative estimate of drug-likeness (QED) is 0.627. The van der Waals surface area contributed by atoms with Crippen LogP contribution in [0, 0.1) is 5.41 Å². The molecule has 2 atom stereocenters. The average molecular weight is 171 g/mol. The summed E-state index contributed by atoms with van der Waals surface area (Å²) in [6.45, 7) is 7.34. The number of rotatable bonds is 1. The van der Waals surface area contributed by atoms with E-state index < -0.39 is 0 Å². The molecule has 0 aromatic heterocycles. The molecule has 0 saturated carbocycles. The SMILES string of the molecule is CC(C)(C)[C@@H](O)[C@@H]1CCCCN1. The minimum absolute atomic E-state index is 0.00894. The van der Waals surface area contributed by atoms with Gasteiger partial charge >= 0.3 is 0 Å². The van der Waals surface area contributed by atoms with Crippen molar-refractivity contribution in [2.45, 2.75) is 52.2 Å². The Morgan fingerprint density at radius 3 is 2.42 bits per heavy atom. The number of aliphatic hydroxyl groups excluding tert-OH is 1. The van der Waals surface area contributed by atoms with Crippen LogP contribution in [0.3, 0.4) is 0 Å². The van der Waals surface area contributed by atoms with Crippen molar-refractivity contribution in [3.8, 4) is 0 Å². The highest BCUT2D eigenvalue weighted by Crippen LogP contribution is 2.25. The summed E-state index contributed by atoms with van der Waals surface area (Å²) in [5, 5.41) is 13.3. The van der Waals surface area contributed by atoms with Crippen molar-refractivity contribution in [3.05, 3.63) is 0 Å². The summed E-state index contributed by atoms with van der Waals surface area (Å²) in [5.41, 5.74) is 0.00894. The van der Waals surface area contributed by atoms with Crippen molar-refractivity contribution < 1.29 is 5.11 Å². The molecule has 1 aliphatic heterocycles. The van der Waals surface area contributed by atoms with Gasteiger partial charge in [0.15, 0.2) is 0 Å². The molecule has 1 heterocycles. The normalized spacial score (nSPS) is 28.5. The molecule has 1 rings (SSSR count). The van der Waals surface area contributed by atoms with Gasteiger partial charge in [0.1, 0.15) is 0 Å². The topological polar surface area (TPSA) is 32.3 Å². The van der Waals surface area contributed by atoms with Gasteiger partial charge in [-0.25, -0.2) is 0 Å². The van der Waals surface area contributed by atoms with E-state index in [1.54, 1.807) is 0 Å². The number of nitrogens with one attached hydrogen (secondary N) is 1. The number of hydrogen-bond donors (Lipinski definition) is 2. The van der Waals surface area contributed by atoms with Crippen LogP contribution in [0.2, 0.25) is 0 Å². The van der Waals surface area contributed by atoms with Gasteiger partial charge in [0.05, 0.1) is 6.10 Å². The van der Waals surface area contributed by atoms with E-state index in [0.29, 0.717) is 6.04 Å². The van der Waals surface area contributed by atoms with Crippen molar-refractivity contribution in [2.75, 3.05) is 6.54 Å². The molecule has 0 aliphatic carbocycles. The van der Waals surface area contributed by atoms with Crippen LogP contribution < -0.4 is 5.32 Å². The molecular weight excluding hydrogens is 150 g/mol. The van der Waals surface area contributed by atoms with E-state index in [4.69, 9.17) is 0 Å². The van der Waals surface area contributed by atoms with Gasteiger partial charge in [0, 0.05) is 6.04 Å². The predicted molar refractivity (Wildman–Crippen MR) is 51.1 cm³/mol. The fourth-order valence-corrected chi connectivity index (χ4v) is 1.75. The van der Waals surface area contributed by atoms with Gasteiger partial charge in [0.25, 0.3) is 0 Å². The average Bonchev–Trinajstić information content (AvgIpc) is 2.03. The summed E-state index contributed by atoms with van der Waals surface area (Å²) < 4.78 is 0. The molecule has 1 fully saturated rings. The van der Waals surface area contributed by atoms with Crippen LogP contribution in [0.5, 0.6) is 0 Å². The Bertz CT molecular complexity index is 133. The zero-order valence-electron chi connectivity index (χ0n) is 8.43. The Balaban J connectivity index is 2.45. The molecule has 2 nitrogen and oxygen atoms in total. The predicted octanol–water partition coefficient (Wildman–Crippen LogP) is 1.54. The van der Waals surface area contributed by atoms with Gasteiger partial charge in [-0.15, -0.1) is 0 Å². The maximum absolute atomic E-state index is 9.95. The minimum Gasteiger partial charge on any atom is -0.391 e. The Labute approximate surface area is 75.4 Å². The van der Waals surface area contributed by atoms with E-state index in [1.807, 2.05) is 0 Å². The maximum Gasteiger partial charge on any atom is 0.0741 e. The van der Waals surface area contributed by atoms with Crippen LogP contribution in [0.25, 0.3) is 0 Å². The van der Waals surface area contributed by atoms with Gasteiger partial charge in [-0.2, -0.15) is 0 Å². The summed E-state index contributed by atoms with van der Waals surface area (Å²) in [6, 6.07) is 0.318. The van der Waals surface area contributed by atoms with Crippen LogP contribution in [0.1, 0.15) is 40.0 Å². The van der Waals surface area contributed by atoms with Gasteiger partial charge in [-0.3, -0.25) is 0 Å². The molecule has 12 heavy (non-hydrogen) atoms. The van der Waals surface area contributed by atoms with Crippen molar-refractivity contribution in [1.82, 2.24) is 5.32 Å². The lowest BCUT2D eigenvalue weighted by Crippen LogP contribution is -2.48. The molecule has 0 amide bonds. The van der Waals surface area contributed by atoms with Crippen molar-refractivity contribution in [2.24, 2.45) is 5.41 Å². The summed E-state index contributed by atoms with van der Waals surface area (Å²) in [6.07, 6.45) is 3.43. The molecule has 2 N–H and O–H groups in total. The second kappa shape index (κ2) is 3.75. The first-order valence-electron chi connectivity index (χ1n) is 4.93. The summed E-state index contributed by atoms with van der Waals surface area (Å²) in [5.74, 6) is 0. The first-order chi connectivity index (χ1) is 5.52. The number of hydrogen-bond acceptors (Lipinski definition) is 2. The molecule has 0 aromatic rings. The Morgan fingerprint density at radius 2 is 2.00 bits per heavy atom. The second-order valence-electron chi connectivity index (χ2n) is 4.87. The van der Waals surface area contributed by atoms with Crippen LogP contribution in [0.4, 0.5) is 0 Å². The second-order valence-corrected chi connectivity index (χ2v) is 4.87. The monoisotopic (exact) mass is 171 g/mol. The maximum atomic E-state index is 9.95. The summed E-state index contributed by atoms with van der Waals surface area (Å²) >= 11 is 0. The van der Waals surface area contributed by atoms with E-state index in [-0.39, 0.29) is 11.5 Å². The fourth-order valence-electron chi connectivity index (χ4n) is 1.75. The smallest absolute Gasteiger partial charge is 0.0741 e. The third-order valence-electron chi connectivity index (χ3n) is 2.62. The van der Waals surface area contributed by atoms with Crippen LogP contribution in [0.15, 0.2) is 0 Å². The van der Waals surface area contributed by atoms with E-state index in [1.165, 1.54) is 12.8 Å². The van der Waals surface area contributed by atoms with Gasteiger partial charge in [-0.1, -0.05) is 27.2 Å². The van der Waals surface area contributed by atoms with Crippen molar-refractivity contribution in [3.63, 3.8) is 0 Å². The largest absolute Gasteiger partial charge is 0.391 e. The highest BCUT2D eigenvalue weighted by atomic mass is 16.3. The lowest BCUT2D eigenvalue weighted by molar-refractivity contribution is 0.0209. The molecule has 1 saturated heterocycles. The minimum atomic E-state index is -0.210. The molecular formula is C10H21NO. The molecule has 0 spiro atoms. The van der Waals surface area contributed by atoms with Gasteiger partial charge < -0.3 is 10.4 Å². The summed E-state index contributed by atoms with van der Waals surface area (Å²) in [7, 11) is 0. The third-order valence-corrected chi connectivity index (χ3v) is 2.62. The number of aliphatic hydroxyl groups is 1.